The number of anilines is 1. The minimum absolute atomic E-state index is 0.112. The molecule has 0 radical (unpaired) electrons. The molecular weight excluding hydrogens is 272 g/mol. The van der Waals surface area contributed by atoms with E-state index in [1.54, 1.807) is 11.8 Å². The Balaban J connectivity index is 1.75. The van der Waals surface area contributed by atoms with Crippen LogP contribution in [0.4, 0.5) is 5.69 Å². The summed E-state index contributed by atoms with van der Waals surface area (Å²) in [6, 6.07) is 5.94. The molecule has 108 valence electrons. The number of benzene rings is 1. The third-order valence-corrected chi connectivity index (χ3v) is 5.07. The van der Waals surface area contributed by atoms with E-state index in [2.05, 4.69) is 19.2 Å². The Morgan fingerprint density at radius 3 is 2.65 bits per heavy atom. The van der Waals surface area contributed by atoms with Crippen LogP contribution in [0.1, 0.15) is 26.7 Å². The van der Waals surface area contributed by atoms with Gasteiger partial charge in [-0.1, -0.05) is 25.6 Å². The number of fused-ring (bicyclic) bond motifs is 1. The highest BCUT2D eigenvalue weighted by atomic mass is 32.2. The monoisotopic (exact) mass is 292 g/mol. The summed E-state index contributed by atoms with van der Waals surface area (Å²) < 4.78 is 11.1. The second-order valence-corrected chi connectivity index (χ2v) is 6.08. The molecule has 3 rings (SSSR count). The first-order valence-corrected chi connectivity index (χ1v) is 8.12. The number of amidine groups is 1. The van der Waals surface area contributed by atoms with Crippen LogP contribution >= 0.6 is 11.8 Å². The molecule has 0 aromatic heterocycles. The highest BCUT2D eigenvalue weighted by molar-refractivity contribution is 8.14. The Bertz CT molecular complexity index is 527. The van der Waals surface area contributed by atoms with Gasteiger partial charge in [-0.25, -0.2) is 0 Å². The molecule has 2 aliphatic rings. The van der Waals surface area contributed by atoms with Gasteiger partial charge in [-0.2, -0.15) is 0 Å². The number of nitrogens with zero attached hydrogens (tertiary/aromatic N) is 1. The third-order valence-electron chi connectivity index (χ3n) is 3.93. The summed E-state index contributed by atoms with van der Waals surface area (Å²) in [5, 5.41) is 4.40. The Morgan fingerprint density at radius 1 is 1.20 bits per heavy atom. The lowest BCUT2D eigenvalue weighted by Gasteiger charge is -2.20. The van der Waals surface area contributed by atoms with E-state index in [0.29, 0.717) is 13.2 Å². The Labute approximate surface area is 123 Å². The molecule has 2 aliphatic heterocycles. The second-order valence-electron chi connectivity index (χ2n) is 5.12. The number of hydrogen-bond acceptors (Lipinski definition) is 5. The molecule has 0 amide bonds. The van der Waals surface area contributed by atoms with E-state index in [-0.39, 0.29) is 5.54 Å². The first kappa shape index (κ1) is 13.6. The highest BCUT2D eigenvalue weighted by Gasteiger charge is 2.32. The number of thioether (sulfide) groups is 1. The molecule has 0 spiro atoms. The molecule has 5 heteroatoms. The fourth-order valence-corrected chi connectivity index (χ4v) is 3.73. The predicted octanol–water partition coefficient (Wildman–Crippen LogP) is 3.53. The van der Waals surface area contributed by atoms with Gasteiger partial charge in [-0.15, -0.1) is 0 Å². The summed E-state index contributed by atoms with van der Waals surface area (Å²) in [5.74, 6) is 2.69. The average Bonchev–Trinajstić information content (AvgIpc) is 2.91. The number of hydrogen-bond donors (Lipinski definition) is 1. The molecular formula is C15H20N2O2S. The lowest BCUT2D eigenvalue weighted by Crippen LogP contribution is -2.24. The lowest BCUT2D eigenvalue weighted by atomic mass is 9.97. The lowest BCUT2D eigenvalue weighted by molar-refractivity contribution is 0.171. The average molecular weight is 292 g/mol. The minimum atomic E-state index is 0.112. The molecule has 2 heterocycles. The van der Waals surface area contributed by atoms with Gasteiger partial charge in [0.2, 0.25) is 0 Å². The van der Waals surface area contributed by atoms with Crippen molar-refractivity contribution in [2.24, 2.45) is 4.99 Å². The van der Waals surface area contributed by atoms with Crippen molar-refractivity contribution >= 4 is 22.6 Å². The van der Waals surface area contributed by atoms with E-state index in [1.807, 2.05) is 18.2 Å². The highest BCUT2D eigenvalue weighted by Crippen LogP contribution is 2.36. The van der Waals surface area contributed by atoms with Gasteiger partial charge in [0, 0.05) is 17.5 Å². The topological polar surface area (TPSA) is 42.8 Å². The molecule has 0 bridgehead atoms. The standard InChI is InChI=1S/C15H20N2O2S/c1-3-15(4-2)10-20-14(17-15)16-11-5-6-12-13(9-11)19-8-7-18-12/h5-6,9H,3-4,7-8,10H2,1-2H3,(H,16,17). The van der Waals surface area contributed by atoms with Crippen molar-refractivity contribution < 1.29 is 9.47 Å². The zero-order valence-corrected chi connectivity index (χ0v) is 12.8. The quantitative estimate of drug-likeness (QED) is 0.925. The Kier molecular flexibility index (Phi) is 3.78. The maximum atomic E-state index is 5.60. The van der Waals surface area contributed by atoms with Crippen LogP contribution in [0.25, 0.3) is 0 Å². The Hall–Kier alpha value is -1.36. The van der Waals surface area contributed by atoms with Gasteiger partial charge < -0.3 is 14.8 Å². The fourth-order valence-electron chi connectivity index (χ4n) is 2.40. The summed E-state index contributed by atoms with van der Waals surface area (Å²) in [6.07, 6.45) is 2.17. The van der Waals surface area contributed by atoms with E-state index in [0.717, 1.165) is 40.9 Å². The molecule has 1 aromatic carbocycles. The van der Waals surface area contributed by atoms with E-state index in [9.17, 15) is 0 Å². The van der Waals surface area contributed by atoms with Gasteiger partial charge in [0.15, 0.2) is 16.7 Å². The van der Waals surface area contributed by atoms with Crippen LogP contribution < -0.4 is 14.8 Å². The smallest absolute Gasteiger partial charge is 0.163 e. The van der Waals surface area contributed by atoms with Crippen molar-refractivity contribution in [3.8, 4) is 11.5 Å². The van der Waals surface area contributed by atoms with Gasteiger partial charge >= 0.3 is 0 Å². The third kappa shape index (κ3) is 2.59. The maximum absolute atomic E-state index is 5.60. The van der Waals surface area contributed by atoms with E-state index < -0.39 is 0 Å². The summed E-state index contributed by atoms with van der Waals surface area (Å²) in [6.45, 7) is 5.65. The van der Waals surface area contributed by atoms with Crippen molar-refractivity contribution in [1.29, 1.82) is 0 Å². The van der Waals surface area contributed by atoms with Crippen LogP contribution in [0.2, 0.25) is 0 Å². The number of ether oxygens (including phenoxy) is 2. The largest absolute Gasteiger partial charge is 0.486 e. The molecule has 4 nitrogen and oxygen atoms in total. The molecule has 0 unspecified atom stereocenters. The normalized spacial score (nSPS) is 19.6. The summed E-state index contributed by atoms with van der Waals surface area (Å²) in [4.78, 5) is 4.86. The van der Waals surface area contributed by atoms with Gasteiger partial charge in [-0.3, -0.25) is 4.99 Å². The summed E-state index contributed by atoms with van der Waals surface area (Å²) in [5.41, 5.74) is 1.12. The van der Waals surface area contributed by atoms with Gasteiger partial charge in [0.05, 0.1) is 5.54 Å². The van der Waals surface area contributed by atoms with Crippen molar-refractivity contribution in [3.05, 3.63) is 18.2 Å². The molecule has 20 heavy (non-hydrogen) atoms. The number of aliphatic imine (C=N–C) groups is 1. The molecule has 0 atom stereocenters. The second kappa shape index (κ2) is 5.56. The minimum Gasteiger partial charge on any atom is -0.486 e. The van der Waals surface area contributed by atoms with Crippen molar-refractivity contribution in [2.75, 3.05) is 24.3 Å². The number of rotatable bonds is 3. The molecule has 0 saturated carbocycles. The van der Waals surface area contributed by atoms with E-state index in [1.165, 1.54) is 0 Å². The van der Waals surface area contributed by atoms with Crippen LogP contribution in [0.15, 0.2) is 23.2 Å². The molecule has 0 fully saturated rings. The summed E-state index contributed by atoms with van der Waals surface area (Å²) in [7, 11) is 0. The van der Waals surface area contributed by atoms with E-state index in [4.69, 9.17) is 14.5 Å². The van der Waals surface area contributed by atoms with Gasteiger partial charge in [0.1, 0.15) is 13.2 Å². The molecule has 1 aromatic rings. The van der Waals surface area contributed by atoms with Crippen LogP contribution in [0, 0.1) is 0 Å². The fraction of sp³-hybridized carbons (Fsp3) is 0.533. The maximum Gasteiger partial charge on any atom is 0.163 e. The van der Waals surface area contributed by atoms with Crippen LogP contribution in [0.3, 0.4) is 0 Å². The van der Waals surface area contributed by atoms with Crippen molar-refractivity contribution in [3.63, 3.8) is 0 Å². The number of nitrogens with one attached hydrogen (secondary N) is 1. The van der Waals surface area contributed by atoms with Crippen LogP contribution in [-0.2, 0) is 0 Å². The first-order valence-electron chi connectivity index (χ1n) is 7.14. The molecule has 0 aliphatic carbocycles. The molecule has 1 N–H and O–H groups in total. The summed E-state index contributed by atoms with van der Waals surface area (Å²) >= 11 is 1.80. The first-order chi connectivity index (χ1) is 9.74. The zero-order chi connectivity index (χ0) is 14.0. The van der Waals surface area contributed by atoms with E-state index >= 15 is 0 Å². The van der Waals surface area contributed by atoms with Crippen molar-refractivity contribution in [2.45, 2.75) is 32.2 Å². The van der Waals surface area contributed by atoms with Gasteiger partial charge in [-0.05, 0) is 25.0 Å². The van der Waals surface area contributed by atoms with Crippen LogP contribution in [0.5, 0.6) is 11.5 Å². The predicted molar refractivity (Wildman–Crippen MR) is 84.3 cm³/mol. The Morgan fingerprint density at radius 2 is 1.95 bits per heavy atom. The van der Waals surface area contributed by atoms with Crippen LogP contribution in [-0.4, -0.2) is 29.7 Å². The van der Waals surface area contributed by atoms with Gasteiger partial charge in [0.25, 0.3) is 0 Å². The zero-order valence-electron chi connectivity index (χ0n) is 11.9. The SMILES string of the molecule is CCC1(CC)CSC(Nc2ccc3c(c2)OCCO3)=N1. The van der Waals surface area contributed by atoms with Crippen molar-refractivity contribution in [1.82, 2.24) is 0 Å². The molecule has 0 saturated heterocycles.